The zero-order valence-corrected chi connectivity index (χ0v) is 8.42. The highest BCUT2D eigenvalue weighted by atomic mass is 35.5. The Morgan fingerprint density at radius 1 is 0.727 bits per heavy atom. The molecule has 0 spiro atoms. The van der Waals surface area contributed by atoms with Crippen LogP contribution in [0.2, 0.25) is 0 Å². The Morgan fingerprint density at radius 3 is 1.55 bits per heavy atom. The molecule has 0 amide bonds. The van der Waals surface area contributed by atoms with Gasteiger partial charge in [-0.25, -0.2) is 0 Å². The van der Waals surface area contributed by atoms with Crippen LogP contribution in [0.25, 0.3) is 0 Å². The molecule has 0 unspecified atom stereocenters. The molecule has 0 saturated heterocycles. The molecule has 1 nitrogen and oxygen atoms in total. The molecule has 0 aromatic carbocycles. The maximum absolute atomic E-state index is 9.21. The van der Waals surface area contributed by atoms with Gasteiger partial charge in [-0.05, 0) is 12.8 Å². The Morgan fingerprint density at radius 2 is 1.09 bits per heavy atom. The van der Waals surface area contributed by atoms with Crippen molar-refractivity contribution in [3.05, 3.63) is 0 Å². The number of hydrogen-bond donors (Lipinski definition) is 1. The molecule has 0 radical (unpaired) electrons. The van der Waals surface area contributed by atoms with Crippen molar-refractivity contribution in [3.63, 3.8) is 0 Å². The van der Waals surface area contributed by atoms with Crippen molar-refractivity contribution in [2.45, 2.75) is 51.0 Å². The fraction of sp³-hybridized carbons (Fsp3) is 1.00. The summed E-state index contributed by atoms with van der Waals surface area (Å²) in [6, 6.07) is 0. The topological polar surface area (TPSA) is 20.2 Å². The molecule has 3 heteroatoms. The van der Waals surface area contributed by atoms with Crippen LogP contribution in [0.1, 0.15) is 44.9 Å². The van der Waals surface area contributed by atoms with Gasteiger partial charge in [0.05, 0.1) is 6.10 Å². The summed E-state index contributed by atoms with van der Waals surface area (Å²) < 4.78 is 0. The molecular weight excluding hydrogens is 183 g/mol. The van der Waals surface area contributed by atoms with Gasteiger partial charge in [-0.3, -0.25) is 0 Å². The molecular formula is C8H18Cl2O. The van der Waals surface area contributed by atoms with Crippen molar-refractivity contribution < 1.29 is 5.11 Å². The van der Waals surface area contributed by atoms with Crippen molar-refractivity contribution in [2.24, 2.45) is 0 Å². The Labute approximate surface area is 81.4 Å². The van der Waals surface area contributed by atoms with E-state index in [1.54, 1.807) is 0 Å². The number of aliphatic hydroxyl groups excluding tert-OH is 1. The number of halogens is 2. The first-order chi connectivity index (χ1) is 4.39. The molecule has 0 heterocycles. The van der Waals surface area contributed by atoms with Crippen molar-refractivity contribution in [3.8, 4) is 0 Å². The molecule has 0 atom stereocenters. The van der Waals surface area contributed by atoms with Crippen LogP contribution in [-0.4, -0.2) is 11.2 Å². The summed E-state index contributed by atoms with van der Waals surface area (Å²) in [7, 11) is 0. The molecule has 70 valence electrons. The van der Waals surface area contributed by atoms with Crippen LogP contribution in [0.3, 0.4) is 0 Å². The van der Waals surface area contributed by atoms with E-state index < -0.39 is 0 Å². The fourth-order valence-electron chi connectivity index (χ4n) is 1.43. The van der Waals surface area contributed by atoms with Gasteiger partial charge in [0.2, 0.25) is 0 Å². The SMILES string of the molecule is Cl.Cl.OC1CCCCCCC1. The second kappa shape index (κ2) is 8.63. The van der Waals surface area contributed by atoms with Gasteiger partial charge in [-0.2, -0.15) is 0 Å². The van der Waals surface area contributed by atoms with Crippen molar-refractivity contribution in [2.75, 3.05) is 0 Å². The van der Waals surface area contributed by atoms with Crippen LogP contribution in [0, 0.1) is 0 Å². The molecule has 1 saturated carbocycles. The van der Waals surface area contributed by atoms with E-state index in [0.29, 0.717) is 0 Å². The number of rotatable bonds is 0. The Balaban J connectivity index is 0. The largest absolute Gasteiger partial charge is 0.393 e. The second-order valence-electron chi connectivity index (χ2n) is 3.00. The summed E-state index contributed by atoms with van der Waals surface area (Å²) in [4.78, 5) is 0. The van der Waals surface area contributed by atoms with E-state index in [1.165, 1.54) is 32.1 Å². The van der Waals surface area contributed by atoms with Crippen molar-refractivity contribution >= 4 is 24.8 Å². The maximum atomic E-state index is 9.21. The molecule has 1 aliphatic rings. The van der Waals surface area contributed by atoms with Gasteiger partial charge in [-0.1, -0.05) is 32.1 Å². The molecule has 1 aliphatic carbocycles. The van der Waals surface area contributed by atoms with Crippen LogP contribution in [0.15, 0.2) is 0 Å². The molecule has 0 aromatic rings. The third kappa shape index (κ3) is 6.92. The van der Waals surface area contributed by atoms with Gasteiger partial charge in [-0.15, -0.1) is 24.8 Å². The van der Waals surface area contributed by atoms with Gasteiger partial charge < -0.3 is 5.11 Å². The summed E-state index contributed by atoms with van der Waals surface area (Å²) in [6.45, 7) is 0. The lowest BCUT2D eigenvalue weighted by Gasteiger charge is -2.13. The van der Waals surface area contributed by atoms with Gasteiger partial charge in [0.1, 0.15) is 0 Å². The first-order valence-corrected chi connectivity index (χ1v) is 4.07. The van der Waals surface area contributed by atoms with Crippen LogP contribution in [0.5, 0.6) is 0 Å². The first kappa shape index (κ1) is 14.1. The standard InChI is InChI=1S/C8H16O.2ClH/c9-8-6-4-2-1-3-5-7-8;;/h8-9H,1-7H2;2*1H. The van der Waals surface area contributed by atoms with Crippen LogP contribution in [-0.2, 0) is 0 Å². The molecule has 0 aliphatic heterocycles. The fourth-order valence-corrected chi connectivity index (χ4v) is 1.43. The minimum absolute atomic E-state index is 0. The molecule has 0 aromatic heterocycles. The molecule has 1 fully saturated rings. The summed E-state index contributed by atoms with van der Waals surface area (Å²) in [6.07, 6.45) is 8.62. The summed E-state index contributed by atoms with van der Waals surface area (Å²) in [5.74, 6) is 0. The minimum Gasteiger partial charge on any atom is -0.393 e. The van der Waals surface area contributed by atoms with Gasteiger partial charge >= 0.3 is 0 Å². The third-order valence-electron chi connectivity index (χ3n) is 2.07. The predicted octanol–water partition coefficient (Wildman–Crippen LogP) is 2.94. The molecule has 1 rings (SSSR count). The monoisotopic (exact) mass is 200 g/mol. The smallest absolute Gasteiger partial charge is 0.0540 e. The van der Waals surface area contributed by atoms with E-state index in [0.717, 1.165) is 12.8 Å². The average molecular weight is 201 g/mol. The Hall–Kier alpha value is 0.540. The molecule has 1 N–H and O–H groups in total. The van der Waals surface area contributed by atoms with Crippen LogP contribution < -0.4 is 0 Å². The minimum atomic E-state index is 0. The summed E-state index contributed by atoms with van der Waals surface area (Å²) in [5.41, 5.74) is 0. The van der Waals surface area contributed by atoms with E-state index in [1.807, 2.05) is 0 Å². The van der Waals surface area contributed by atoms with Gasteiger partial charge in [0, 0.05) is 0 Å². The number of hydrogen-bond acceptors (Lipinski definition) is 1. The quantitative estimate of drug-likeness (QED) is 0.638. The zero-order chi connectivity index (χ0) is 6.53. The van der Waals surface area contributed by atoms with Gasteiger partial charge in [0.25, 0.3) is 0 Å². The average Bonchev–Trinajstić information content (AvgIpc) is 1.79. The van der Waals surface area contributed by atoms with E-state index in [2.05, 4.69) is 0 Å². The van der Waals surface area contributed by atoms with Gasteiger partial charge in [0.15, 0.2) is 0 Å². The highest BCUT2D eigenvalue weighted by Crippen LogP contribution is 2.16. The third-order valence-corrected chi connectivity index (χ3v) is 2.07. The predicted molar refractivity (Wildman–Crippen MR) is 52.8 cm³/mol. The highest BCUT2D eigenvalue weighted by Gasteiger charge is 2.05. The Kier molecular flexibility index (Phi) is 11.1. The highest BCUT2D eigenvalue weighted by molar-refractivity contribution is 5.85. The summed E-state index contributed by atoms with van der Waals surface area (Å²) >= 11 is 0. The van der Waals surface area contributed by atoms with Crippen molar-refractivity contribution in [1.82, 2.24) is 0 Å². The van der Waals surface area contributed by atoms with E-state index in [-0.39, 0.29) is 30.9 Å². The lowest BCUT2D eigenvalue weighted by molar-refractivity contribution is 0.141. The second-order valence-corrected chi connectivity index (χ2v) is 3.00. The zero-order valence-electron chi connectivity index (χ0n) is 6.79. The lowest BCUT2D eigenvalue weighted by atomic mass is 9.99. The molecule has 0 bridgehead atoms. The lowest BCUT2D eigenvalue weighted by Crippen LogP contribution is -2.07. The Bertz CT molecular complexity index is 70.5. The maximum Gasteiger partial charge on any atom is 0.0540 e. The van der Waals surface area contributed by atoms with Crippen LogP contribution >= 0.6 is 24.8 Å². The van der Waals surface area contributed by atoms with E-state index in [9.17, 15) is 5.11 Å². The first-order valence-electron chi connectivity index (χ1n) is 4.07. The normalized spacial score (nSPS) is 20.5. The van der Waals surface area contributed by atoms with Crippen molar-refractivity contribution in [1.29, 1.82) is 0 Å². The van der Waals surface area contributed by atoms with E-state index in [4.69, 9.17) is 0 Å². The number of aliphatic hydroxyl groups is 1. The summed E-state index contributed by atoms with van der Waals surface area (Å²) in [5, 5.41) is 9.21. The van der Waals surface area contributed by atoms with Crippen LogP contribution in [0.4, 0.5) is 0 Å². The molecule has 11 heavy (non-hydrogen) atoms. The van der Waals surface area contributed by atoms with E-state index >= 15 is 0 Å².